The minimum atomic E-state index is -0.294. The first kappa shape index (κ1) is 13.4. The third-order valence-electron chi connectivity index (χ3n) is 2.41. The number of hydrogen-bond acceptors (Lipinski definition) is 2. The lowest BCUT2D eigenvalue weighted by Crippen LogP contribution is -2.00. The molecule has 0 aromatic heterocycles. The molecule has 0 saturated carbocycles. The molecule has 90 valence electrons. The lowest BCUT2D eigenvalue weighted by atomic mass is 10.1. The first-order valence-electron chi connectivity index (χ1n) is 5.34. The molecule has 0 radical (unpaired) electrons. The molecule has 0 bridgehead atoms. The number of ether oxygens (including phenoxy) is 1. The fraction of sp³-hybridized carbons (Fsp3) is 0.500. The number of hydrogen-bond donors (Lipinski definition) is 1. The maximum Gasteiger partial charge on any atom is 0.130 e. The summed E-state index contributed by atoms with van der Waals surface area (Å²) in [6, 6.07) is 3.33. The molecule has 0 atom stereocenters. The van der Waals surface area contributed by atoms with Crippen LogP contribution in [0, 0.1) is 5.82 Å². The van der Waals surface area contributed by atoms with E-state index in [2.05, 4.69) is 0 Å². The van der Waals surface area contributed by atoms with E-state index in [1.54, 1.807) is 6.07 Å². The van der Waals surface area contributed by atoms with Crippen molar-refractivity contribution in [3.63, 3.8) is 0 Å². The van der Waals surface area contributed by atoms with Crippen molar-refractivity contribution < 1.29 is 9.13 Å². The van der Waals surface area contributed by atoms with Crippen LogP contribution >= 0.6 is 11.6 Å². The summed E-state index contributed by atoms with van der Waals surface area (Å²) in [4.78, 5) is 0. The molecule has 0 spiro atoms. The maximum atomic E-state index is 13.6. The van der Waals surface area contributed by atoms with E-state index in [1.807, 2.05) is 0 Å². The molecule has 0 aliphatic heterocycles. The highest BCUT2D eigenvalue weighted by Gasteiger charge is 2.09. The highest BCUT2D eigenvalue weighted by atomic mass is 35.5. The van der Waals surface area contributed by atoms with Gasteiger partial charge in [0.2, 0.25) is 0 Å². The monoisotopic (exact) mass is 245 g/mol. The number of benzene rings is 1. The average Bonchev–Trinajstić information content (AvgIpc) is 2.24. The average molecular weight is 246 g/mol. The van der Waals surface area contributed by atoms with Crippen molar-refractivity contribution in [1.29, 1.82) is 0 Å². The van der Waals surface area contributed by atoms with Crippen LogP contribution < -0.4 is 5.73 Å². The number of rotatable bonds is 6. The minimum absolute atomic E-state index is 0.202. The molecule has 1 rings (SSSR count). The number of unbranched alkanes of at least 4 members (excludes halogenated alkanes) is 1. The van der Waals surface area contributed by atoms with Crippen LogP contribution in [0.4, 0.5) is 4.39 Å². The zero-order valence-electron chi connectivity index (χ0n) is 9.43. The maximum absolute atomic E-state index is 13.6. The van der Waals surface area contributed by atoms with Gasteiger partial charge in [-0.25, -0.2) is 4.39 Å². The number of halogens is 2. The summed E-state index contributed by atoms with van der Waals surface area (Å²) < 4.78 is 18.5. The van der Waals surface area contributed by atoms with Gasteiger partial charge in [0.05, 0.1) is 6.61 Å². The minimum Gasteiger partial charge on any atom is -0.380 e. The van der Waals surface area contributed by atoms with Crippen LogP contribution in [0.15, 0.2) is 12.1 Å². The Labute approximate surface area is 101 Å². The van der Waals surface area contributed by atoms with Gasteiger partial charge in [-0.05, 0) is 43.5 Å². The number of methoxy groups -OCH3 is 1. The van der Waals surface area contributed by atoms with Crippen LogP contribution in [0.2, 0.25) is 5.02 Å². The quantitative estimate of drug-likeness (QED) is 0.783. The summed E-state index contributed by atoms with van der Waals surface area (Å²) >= 11 is 5.98. The molecule has 16 heavy (non-hydrogen) atoms. The predicted octanol–water partition coefficient (Wildman–Crippen LogP) is 2.91. The SMILES string of the molecule is COCc1c(F)cc(CCCCN)cc1Cl. The zero-order chi connectivity index (χ0) is 12.0. The van der Waals surface area contributed by atoms with Crippen molar-refractivity contribution >= 4 is 11.6 Å². The van der Waals surface area contributed by atoms with Crippen LogP contribution in [0.25, 0.3) is 0 Å². The van der Waals surface area contributed by atoms with E-state index < -0.39 is 0 Å². The fourth-order valence-electron chi connectivity index (χ4n) is 1.56. The smallest absolute Gasteiger partial charge is 0.130 e. The molecule has 0 fully saturated rings. The van der Waals surface area contributed by atoms with Gasteiger partial charge in [0, 0.05) is 17.7 Å². The van der Waals surface area contributed by atoms with Crippen molar-refractivity contribution in [2.75, 3.05) is 13.7 Å². The van der Waals surface area contributed by atoms with E-state index in [4.69, 9.17) is 22.1 Å². The van der Waals surface area contributed by atoms with Gasteiger partial charge in [-0.1, -0.05) is 11.6 Å². The predicted molar refractivity (Wildman–Crippen MR) is 64.1 cm³/mol. The van der Waals surface area contributed by atoms with Crippen LogP contribution in [0.5, 0.6) is 0 Å². The largest absolute Gasteiger partial charge is 0.380 e. The van der Waals surface area contributed by atoms with Crippen LogP contribution in [0.1, 0.15) is 24.0 Å². The van der Waals surface area contributed by atoms with Gasteiger partial charge in [0.25, 0.3) is 0 Å². The Kier molecular flexibility index (Phi) is 5.74. The van der Waals surface area contributed by atoms with Crippen molar-refractivity contribution in [2.24, 2.45) is 5.73 Å². The normalized spacial score (nSPS) is 10.8. The van der Waals surface area contributed by atoms with Crippen molar-refractivity contribution in [2.45, 2.75) is 25.9 Å². The molecule has 0 heterocycles. The molecule has 4 heteroatoms. The summed E-state index contributed by atoms with van der Waals surface area (Å²) in [6.07, 6.45) is 2.70. The van der Waals surface area contributed by atoms with E-state index in [-0.39, 0.29) is 12.4 Å². The van der Waals surface area contributed by atoms with E-state index in [0.717, 1.165) is 24.8 Å². The summed E-state index contributed by atoms with van der Waals surface area (Å²) in [5.41, 5.74) is 6.74. The summed E-state index contributed by atoms with van der Waals surface area (Å²) in [5, 5.41) is 0.435. The van der Waals surface area contributed by atoms with E-state index in [0.29, 0.717) is 17.1 Å². The second-order valence-electron chi connectivity index (χ2n) is 3.72. The Morgan fingerprint density at radius 3 is 2.69 bits per heavy atom. The molecule has 1 aromatic rings. The molecular weight excluding hydrogens is 229 g/mol. The van der Waals surface area contributed by atoms with Gasteiger partial charge in [0.15, 0.2) is 0 Å². The lowest BCUT2D eigenvalue weighted by Gasteiger charge is -2.08. The Morgan fingerprint density at radius 1 is 1.38 bits per heavy atom. The van der Waals surface area contributed by atoms with Gasteiger partial charge in [-0.3, -0.25) is 0 Å². The van der Waals surface area contributed by atoms with Gasteiger partial charge in [0.1, 0.15) is 5.82 Å². The van der Waals surface area contributed by atoms with Crippen LogP contribution in [-0.2, 0) is 17.8 Å². The standard InChI is InChI=1S/C12H17ClFNO/c1-16-8-10-11(13)6-9(7-12(10)14)4-2-3-5-15/h6-7H,2-5,8,15H2,1H3. The third kappa shape index (κ3) is 3.74. The second-order valence-corrected chi connectivity index (χ2v) is 4.12. The molecule has 0 amide bonds. The molecular formula is C12H17ClFNO. The van der Waals surface area contributed by atoms with Crippen molar-refractivity contribution in [3.8, 4) is 0 Å². The van der Waals surface area contributed by atoms with Gasteiger partial charge >= 0.3 is 0 Å². The summed E-state index contributed by atoms with van der Waals surface area (Å²) in [6.45, 7) is 0.867. The van der Waals surface area contributed by atoms with Gasteiger partial charge in [-0.2, -0.15) is 0 Å². The summed E-state index contributed by atoms with van der Waals surface area (Å²) in [5.74, 6) is -0.294. The molecule has 0 unspecified atom stereocenters. The van der Waals surface area contributed by atoms with Crippen LogP contribution in [0.3, 0.4) is 0 Å². The lowest BCUT2D eigenvalue weighted by molar-refractivity contribution is 0.181. The second kappa shape index (κ2) is 6.84. The van der Waals surface area contributed by atoms with Gasteiger partial charge < -0.3 is 10.5 Å². The van der Waals surface area contributed by atoms with E-state index in [9.17, 15) is 4.39 Å². The third-order valence-corrected chi connectivity index (χ3v) is 2.75. The van der Waals surface area contributed by atoms with Crippen LogP contribution in [-0.4, -0.2) is 13.7 Å². The first-order valence-corrected chi connectivity index (χ1v) is 5.72. The number of nitrogens with two attached hydrogens (primary N) is 1. The fourth-order valence-corrected chi connectivity index (χ4v) is 1.84. The molecule has 2 nitrogen and oxygen atoms in total. The summed E-state index contributed by atoms with van der Waals surface area (Å²) in [7, 11) is 1.52. The molecule has 1 aromatic carbocycles. The molecule has 0 saturated heterocycles. The Morgan fingerprint density at radius 2 is 2.12 bits per heavy atom. The highest BCUT2D eigenvalue weighted by molar-refractivity contribution is 6.31. The molecule has 0 aliphatic carbocycles. The van der Waals surface area contributed by atoms with E-state index in [1.165, 1.54) is 13.2 Å². The van der Waals surface area contributed by atoms with E-state index >= 15 is 0 Å². The zero-order valence-corrected chi connectivity index (χ0v) is 10.2. The molecule has 2 N–H and O–H groups in total. The number of aryl methyl sites for hydroxylation is 1. The highest BCUT2D eigenvalue weighted by Crippen LogP contribution is 2.23. The van der Waals surface area contributed by atoms with Crippen molar-refractivity contribution in [3.05, 3.63) is 34.1 Å². The Balaban J connectivity index is 2.75. The Hall–Kier alpha value is -0.640. The van der Waals surface area contributed by atoms with Gasteiger partial charge in [-0.15, -0.1) is 0 Å². The molecule has 0 aliphatic rings. The first-order chi connectivity index (χ1) is 7.69. The topological polar surface area (TPSA) is 35.2 Å². The van der Waals surface area contributed by atoms with Crippen molar-refractivity contribution in [1.82, 2.24) is 0 Å². The Bertz CT molecular complexity index is 321.